The lowest BCUT2D eigenvalue weighted by molar-refractivity contribution is 0.461. The molecule has 0 spiro atoms. The summed E-state index contributed by atoms with van der Waals surface area (Å²) in [6, 6.07) is 25.1. The molecule has 0 bridgehead atoms. The average Bonchev–Trinajstić information content (AvgIpc) is 3.18. The van der Waals surface area contributed by atoms with Crippen molar-refractivity contribution in [2.24, 2.45) is 0 Å². The maximum atomic E-state index is 6.09. The fourth-order valence-corrected chi connectivity index (χ4v) is 2.53. The Bertz CT molecular complexity index is 936. The second-order valence-electron chi connectivity index (χ2n) is 5.48. The Morgan fingerprint density at radius 2 is 1.36 bits per heavy atom. The smallest absolute Gasteiger partial charge is 0.139 e. The predicted molar refractivity (Wildman–Crippen MR) is 97.1 cm³/mol. The molecule has 0 saturated carbocycles. The summed E-state index contributed by atoms with van der Waals surface area (Å²) < 4.78 is 12.0. The molecule has 0 saturated heterocycles. The maximum absolute atomic E-state index is 6.09. The van der Waals surface area contributed by atoms with E-state index in [0.717, 1.165) is 22.6 Å². The molecule has 122 valence electrons. The lowest BCUT2D eigenvalue weighted by atomic mass is 10.1. The Balaban J connectivity index is 1.70. The molecule has 0 radical (unpaired) electrons. The van der Waals surface area contributed by atoms with Crippen LogP contribution >= 0.6 is 0 Å². The van der Waals surface area contributed by atoms with Gasteiger partial charge in [-0.25, -0.2) is 0 Å². The Hall–Kier alpha value is -3.53. The minimum absolute atomic E-state index is 0.709. The maximum Gasteiger partial charge on any atom is 0.139 e. The highest BCUT2D eigenvalue weighted by atomic mass is 16.5. The van der Waals surface area contributed by atoms with Gasteiger partial charge in [-0.2, -0.15) is 5.10 Å². The van der Waals surface area contributed by atoms with E-state index in [9.17, 15) is 0 Å². The molecule has 1 heterocycles. The first kappa shape index (κ1) is 15.0. The van der Waals surface area contributed by atoms with Crippen molar-refractivity contribution in [3.8, 4) is 34.1 Å². The van der Waals surface area contributed by atoms with Crippen LogP contribution in [0.1, 0.15) is 0 Å². The summed E-state index contributed by atoms with van der Waals surface area (Å²) >= 11 is 0. The number of aromatic amines is 1. The van der Waals surface area contributed by atoms with E-state index in [4.69, 9.17) is 9.47 Å². The van der Waals surface area contributed by atoms with Gasteiger partial charge >= 0.3 is 0 Å². The summed E-state index contributed by atoms with van der Waals surface area (Å²) in [5.41, 5.74) is 1.90. The minimum Gasteiger partial charge on any atom is -0.457 e. The van der Waals surface area contributed by atoms with E-state index in [1.807, 2.05) is 85.1 Å². The van der Waals surface area contributed by atoms with Crippen LogP contribution in [0.4, 0.5) is 0 Å². The van der Waals surface area contributed by atoms with Crippen LogP contribution in [-0.2, 0) is 0 Å². The number of benzene rings is 3. The molecule has 0 aliphatic heterocycles. The van der Waals surface area contributed by atoms with Crippen molar-refractivity contribution in [2.45, 2.75) is 0 Å². The van der Waals surface area contributed by atoms with Crippen LogP contribution in [0.2, 0.25) is 0 Å². The van der Waals surface area contributed by atoms with E-state index in [-0.39, 0.29) is 0 Å². The van der Waals surface area contributed by atoms with Gasteiger partial charge in [0, 0.05) is 23.4 Å². The van der Waals surface area contributed by atoms with E-state index >= 15 is 0 Å². The zero-order valence-electron chi connectivity index (χ0n) is 13.4. The number of H-pyrrole nitrogens is 1. The predicted octanol–water partition coefficient (Wildman–Crippen LogP) is 5.66. The molecular weight excluding hydrogens is 312 g/mol. The molecular formula is C21H16N2O2. The highest BCUT2D eigenvalue weighted by molar-refractivity contribution is 5.71. The molecule has 0 amide bonds. The molecule has 0 aliphatic rings. The van der Waals surface area contributed by atoms with Crippen molar-refractivity contribution in [2.75, 3.05) is 0 Å². The van der Waals surface area contributed by atoms with Gasteiger partial charge in [0.25, 0.3) is 0 Å². The monoisotopic (exact) mass is 328 g/mol. The highest BCUT2D eigenvalue weighted by Crippen LogP contribution is 2.37. The fraction of sp³-hybridized carbons (Fsp3) is 0. The summed E-state index contributed by atoms with van der Waals surface area (Å²) in [6.45, 7) is 0. The fourth-order valence-electron chi connectivity index (χ4n) is 2.53. The molecule has 0 aliphatic carbocycles. The third-order valence-corrected chi connectivity index (χ3v) is 3.71. The van der Waals surface area contributed by atoms with Crippen molar-refractivity contribution in [3.63, 3.8) is 0 Å². The van der Waals surface area contributed by atoms with E-state index in [0.29, 0.717) is 11.5 Å². The summed E-state index contributed by atoms with van der Waals surface area (Å²) in [5, 5.41) is 6.86. The molecule has 0 atom stereocenters. The lowest BCUT2D eigenvalue weighted by Gasteiger charge is -2.13. The molecule has 4 heteroatoms. The van der Waals surface area contributed by atoms with Crippen molar-refractivity contribution in [3.05, 3.63) is 91.3 Å². The quantitative estimate of drug-likeness (QED) is 0.514. The summed E-state index contributed by atoms with van der Waals surface area (Å²) in [6.07, 6.45) is 3.61. The van der Waals surface area contributed by atoms with Gasteiger partial charge in [-0.1, -0.05) is 36.4 Å². The van der Waals surface area contributed by atoms with Crippen molar-refractivity contribution in [1.29, 1.82) is 0 Å². The third kappa shape index (κ3) is 3.53. The van der Waals surface area contributed by atoms with Crippen LogP contribution in [0.3, 0.4) is 0 Å². The number of nitrogens with one attached hydrogen (secondary N) is 1. The summed E-state index contributed by atoms with van der Waals surface area (Å²) in [7, 11) is 0. The van der Waals surface area contributed by atoms with E-state index in [1.54, 1.807) is 6.20 Å². The Morgan fingerprint density at radius 1 is 0.680 bits per heavy atom. The van der Waals surface area contributed by atoms with Crippen molar-refractivity contribution in [1.82, 2.24) is 10.2 Å². The Morgan fingerprint density at radius 3 is 2.00 bits per heavy atom. The van der Waals surface area contributed by atoms with Crippen molar-refractivity contribution < 1.29 is 9.47 Å². The third-order valence-electron chi connectivity index (χ3n) is 3.71. The van der Waals surface area contributed by atoms with Gasteiger partial charge in [-0.3, -0.25) is 5.10 Å². The van der Waals surface area contributed by atoms with E-state index in [1.165, 1.54) is 0 Å². The highest BCUT2D eigenvalue weighted by Gasteiger charge is 2.11. The first-order chi connectivity index (χ1) is 12.4. The van der Waals surface area contributed by atoms with Gasteiger partial charge in [-0.15, -0.1) is 0 Å². The number of ether oxygens (including phenoxy) is 2. The van der Waals surface area contributed by atoms with Gasteiger partial charge in [0.15, 0.2) is 0 Å². The van der Waals surface area contributed by atoms with Gasteiger partial charge in [0.1, 0.15) is 23.0 Å². The molecule has 0 unspecified atom stereocenters. The van der Waals surface area contributed by atoms with Crippen LogP contribution < -0.4 is 9.47 Å². The molecule has 3 aromatic carbocycles. The average molecular weight is 328 g/mol. The van der Waals surface area contributed by atoms with Gasteiger partial charge in [0.2, 0.25) is 0 Å². The number of aromatic nitrogens is 2. The van der Waals surface area contributed by atoms with Crippen LogP contribution in [-0.4, -0.2) is 10.2 Å². The SMILES string of the molecule is c1ccc(Oc2ccc(-c3cn[nH]c3)c(Oc3ccccc3)c2)cc1. The molecule has 25 heavy (non-hydrogen) atoms. The zero-order valence-corrected chi connectivity index (χ0v) is 13.4. The summed E-state index contributed by atoms with van der Waals surface area (Å²) in [5.74, 6) is 2.97. The normalized spacial score (nSPS) is 10.4. The largest absolute Gasteiger partial charge is 0.457 e. The number of para-hydroxylation sites is 2. The minimum atomic E-state index is 0.709. The number of hydrogen-bond acceptors (Lipinski definition) is 3. The topological polar surface area (TPSA) is 47.1 Å². The van der Waals surface area contributed by atoms with Crippen molar-refractivity contribution >= 4 is 0 Å². The standard InChI is InChI=1S/C21H16N2O2/c1-3-7-17(8-4-1)24-19-11-12-20(16-14-22-23-15-16)21(13-19)25-18-9-5-2-6-10-18/h1-15H,(H,22,23). The molecule has 1 N–H and O–H groups in total. The Labute approximate surface area is 145 Å². The van der Waals surface area contributed by atoms with Crippen LogP contribution in [0, 0.1) is 0 Å². The van der Waals surface area contributed by atoms with E-state index in [2.05, 4.69) is 10.2 Å². The molecule has 0 fully saturated rings. The van der Waals surface area contributed by atoms with Gasteiger partial charge in [0.05, 0.1) is 6.20 Å². The Kier molecular flexibility index (Phi) is 4.16. The lowest BCUT2D eigenvalue weighted by Crippen LogP contribution is -1.90. The molecule has 4 rings (SSSR count). The van der Waals surface area contributed by atoms with E-state index < -0.39 is 0 Å². The van der Waals surface area contributed by atoms with Gasteiger partial charge in [-0.05, 0) is 36.4 Å². The number of nitrogens with zero attached hydrogens (tertiary/aromatic N) is 1. The number of hydrogen-bond donors (Lipinski definition) is 1. The molecule has 4 aromatic rings. The van der Waals surface area contributed by atoms with Gasteiger partial charge < -0.3 is 9.47 Å². The summed E-state index contributed by atoms with van der Waals surface area (Å²) in [4.78, 5) is 0. The second-order valence-corrected chi connectivity index (χ2v) is 5.48. The second kappa shape index (κ2) is 6.93. The number of rotatable bonds is 5. The molecule has 4 nitrogen and oxygen atoms in total. The molecule has 1 aromatic heterocycles. The van der Waals surface area contributed by atoms with Crippen LogP contribution in [0.5, 0.6) is 23.0 Å². The van der Waals surface area contributed by atoms with Crippen LogP contribution in [0.25, 0.3) is 11.1 Å². The van der Waals surface area contributed by atoms with Crippen LogP contribution in [0.15, 0.2) is 91.3 Å². The first-order valence-corrected chi connectivity index (χ1v) is 7.97. The first-order valence-electron chi connectivity index (χ1n) is 7.97. The zero-order chi connectivity index (χ0) is 16.9.